The van der Waals surface area contributed by atoms with Gasteiger partial charge in [-0.05, 0) is 61.0 Å². The molecule has 32 heavy (non-hydrogen) atoms. The lowest BCUT2D eigenvalue weighted by atomic mass is 10.2. The maximum atomic E-state index is 12.5. The number of nitrogens with one attached hydrogen (secondary N) is 2. The number of carbonyl (C=O) groups excluding carboxylic acids is 2. The molecule has 2 aromatic carbocycles. The molecule has 1 amide bonds. The van der Waals surface area contributed by atoms with Crippen molar-refractivity contribution in [2.75, 3.05) is 15.8 Å². The largest absolute Gasteiger partial charge is 0.449 e. The highest BCUT2D eigenvalue weighted by Crippen LogP contribution is 2.17. The molecule has 0 aliphatic rings. The molecule has 1 atom stereocenters. The molecule has 0 radical (unpaired) electrons. The number of nitrogens with zero attached hydrogens (tertiary/aromatic N) is 2. The number of aromatic nitrogens is 2. The van der Waals surface area contributed by atoms with Crippen molar-refractivity contribution < 1.29 is 22.7 Å². The van der Waals surface area contributed by atoms with E-state index >= 15 is 0 Å². The number of amides is 1. The van der Waals surface area contributed by atoms with Gasteiger partial charge in [-0.3, -0.25) is 4.79 Å². The average Bonchev–Trinajstić information content (AvgIpc) is 2.78. The Morgan fingerprint density at radius 1 is 1.03 bits per heavy atom. The van der Waals surface area contributed by atoms with E-state index in [1.165, 1.54) is 48.8 Å². The first-order valence-electron chi connectivity index (χ1n) is 9.56. The standard InChI is InChI=1S/C21H21N5O5S/c1-2-18(31-20(28)14-4-6-15(22)7-5-14)19(27)25-16-8-10-17(11-9-16)32(29,30)26-21-23-12-3-13-24-21/h3-13,18H,2,22H2,1H3,(H,25,27)(H,23,24,26). The van der Waals surface area contributed by atoms with Crippen LogP contribution in [0.25, 0.3) is 0 Å². The Bertz CT molecular complexity index is 1180. The van der Waals surface area contributed by atoms with Gasteiger partial charge in [-0.15, -0.1) is 0 Å². The molecule has 1 unspecified atom stereocenters. The van der Waals surface area contributed by atoms with Crippen LogP contribution in [0.3, 0.4) is 0 Å². The summed E-state index contributed by atoms with van der Waals surface area (Å²) in [6.45, 7) is 1.70. The minimum atomic E-state index is -3.90. The van der Waals surface area contributed by atoms with Gasteiger partial charge < -0.3 is 15.8 Å². The predicted molar refractivity (Wildman–Crippen MR) is 118 cm³/mol. The molecule has 1 aromatic heterocycles. The monoisotopic (exact) mass is 455 g/mol. The highest BCUT2D eigenvalue weighted by Gasteiger charge is 2.22. The lowest BCUT2D eigenvalue weighted by molar-refractivity contribution is -0.124. The average molecular weight is 455 g/mol. The quantitative estimate of drug-likeness (QED) is 0.346. The summed E-state index contributed by atoms with van der Waals surface area (Å²) in [6.07, 6.45) is 2.04. The van der Waals surface area contributed by atoms with Gasteiger partial charge in [0, 0.05) is 23.8 Å². The van der Waals surface area contributed by atoms with Crippen LogP contribution in [0.2, 0.25) is 0 Å². The van der Waals surface area contributed by atoms with Crippen molar-refractivity contribution in [3.05, 3.63) is 72.6 Å². The molecule has 3 rings (SSSR count). The van der Waals surface area contributed by atoms with Crippen LogP contribution in [-0.2, 0) is 19.6 Å². The van der Waals surface area contributed by atoms with Gasteiger partial charge in [0.1, 0.15) is 0 Å². The van der Waals surface area contributed by atoms with Gasteiger partial charge >= 0.3 is 5.97 Å². The van der Waals surface area contributed by atoms with E-state index < -0.39 is 28.0 Å². The minimum Gasteiger partial charge on any atom is -0.449 e. The summed E-state index contributed by atoms with van der Waals surface area (Å²) in [6, 6.07) is 13.2. The summed E-state index contributed by atoms with van der Waals surface area (Å²) in [4.78, 5) is 32.4. The molecule has 0 fully saturated rings. The van der Waals surface area contributed by atoms with Crippen molar-refractivity contribution in [1.82, 2.24) is 9.97 Å². The number of hydrogen-bond donors (Lipinski definition) is 3. The first-order chi connectivity index (χ1) is 15.3. The summed E-state index contributed by atoms with van der Waals surface area (Å²) >= 11 is 0. The first-order valence-corrected chi connectivity index (χ1v) is 11.0. The maximum absolute atomic E-state index is 12.5. The smallest absolute Gasteiger partial charge is 0.338 e. The zero-order valence-electron chi connectivity index (χ0n) is 17.1. The lowest BCUT2D eigenvalue weighted by Gasteiger charge is -2.16. The molecule has 0 saturated heterocycles. The van der Waals surface area contributed by atoms with E-state index in [1.54, 1.807) is 25.1 Å². The number of hydrogen-bond acceptors (Lipinski definition) is 8. The number of rotatable bonds is 8. The molecular weight excluding hydrogens is 434 g/mol. The van der Waals surface area contributed by atoms with E-state index in [0.29, 0.717) is 11.4 Å². The summed E-state index contributed by atoms with van der Waals surface area (Å²) in [5.74, 6) is -1.25. The van der Waals surface area contributed by atoms with E-state index in [2.05, 4.69) is 20.0 Å². The molecule has 166 valence electrons. The molecule has 0 bridgehead atoms. The van der Waals surface area contributed by atoms with Crippen LogP contribution in [0.15, 0.2) is 71.9 Å². The summed E-state index contributed by atoms with van der Waals surface area (Å²) in [5.41, 5.74) is 6.72. The molecule has 0 saturated carbocycles. The normalized spacial score (nSPS) is 11.9. The molecule has 0 aliphatic heterocycles. The van der Waals surface area contributed by atoms with Crippen molar-refractivity contribution in [1.29, 1.82) is 0 Å². The highest BCUT2D eigenvalue weighted by atomic mass is 32.2. The zero-order chi connectivity index (χ0) is 23.1. The van der Waals surface area contributed by atoms with Gasteiger partial charge in [0.05, 0.1) is 10.5 Å². The highest BCUT2D eigenvalue weighted by molar-refractivity contribution is 7.92. The summed E-state index contributed by atoms with van der Waals surface area (Å²) in [5, 5.41) is 2.61. The number of nitrogens with two attached hydrogens (primary N) is 1. The fourth-order valence-electron chi connectivity index (χ4n) is 2.61. The van der Waals surface area contributed by atoms with E-state index in [4.69, 9.17) is 10.5 Å². The van der Waals surface area contributed by atoms with E-state index in [0.717, 1.165) is 0 Å². The Morgan fingerprint density at radius 3 is 2.25 bits per heavy atom. The van der Waals surface area contributed by atoms with Crippen LogP contribution >= 0.6 is 0 Å². The van der Waals surface area contributed by atoms with Crippen LogP contribution in [0, 0.1) is 0 Å². The van der Waals surface area contributed by atoms with Crippen LogP contribution in [0.5, 0.6) is 0 Å². The Hall–Kier alpha value is -3.99. The molecular formula is C21H21N5O5S. The van der Waals surface area contributed by atoms with E-state index in [9.17, 15) is 18.0 Å². The summed E-state index contributed by atoms with van der Waals surface area (Å²) < 4.78 is 32.4. The lowest BCUT2D eigenvalue weighted by Crippen LogP contribution is -2.32. The third kappa shape index (κ3) is 5.79. The van der Waals surface area contributed by atoms with Crippen molar-refractivity contribution in [2.45, 2.75) is 24.3 Å². The molecule has 0 aliphatic carbocycles. The van der Waals surface area contributed by atoms with Crippen LogP contribution in [-0.4, -0.2) is 36.4 Å². The maximum Gasteiger partial charge on any atom is 0.338 e. The summed E-state index contributed by atoms with van der Waals surface area (Å²) in [7, 11) is -3.90. The number of nitrogen functional groups attached to an aromatic ring is 1. The van der Waals surface area contributed by atoms with Crippen molar-refractivity contribution in [3.63, 3.8) is 0 Å². The van der Waals surface area contributed by atoms with Crippen LogP contribution in [0.4, 0.5) is 17.3 Å². The van der Waals surface area contributed by atoms with E-state index in [1.807, 2.05) is 0 Å². The van der Waals surface area contributed by atoms with Gasteiger partial charge in [0.25, 0.3) is 15.9 Å². The number of sulfonamides is 1. The molecule has 1 heterocycles. The number of carbonyl (C=O) groups is 2. The third-order valence-corrected chi connectivity index (χ3v) is 5.63. The van der Waals surface area contributed by atoms with Gasteiger partial charge in [-0.2, -0.15) is 0 Å². The molecule has 10 nitrogen and oxygen atoms in total. The Kier molecular flexibility index (Phi) is 7.00. The second kappa shape index (κ2) is 9.88. The molecule has 4 N–H and O–H groups in total. The SMILES string of the molecule is CCC(OC(=O)c1ccc(N)cc1)C(=O)Nc1ccc(S(=O)(=O)Nc2ncccn2)cc1. The first kappa shape index (κ1) is 22.7. The number of esters is 1. The van der Waals surface area contributed by atoms with Crippen LogP contribution < -0.4 is 15.8 Å². The Balaban J connectivity index is 1.63. The van der Waals surface area contributed by atoms with Gasteiger partial charge in [-0.1, -0.05) is 6.92 Å². The molecule has 3 aromatic rings. The second-order valence-corrected chi connectivity index (χ2v) is 8.30. The van der Waals surface area contributed by atoms with Crippen molar-refractivity contribution >= 4 is 39.2 Å². The van der Waals surface area contributed by atoms with Gasteiger partial charge in [-0.25, -0.2) is 27.9 Å². The fourth-order valence-corrected chi connectivity index (χ4v) is 3.57. The Morgan fingerprint density at radius 2 is 1.66 bits per heavy atom. The van der Waals surface area contributed by atoms with Crippen molar-refractivity contribution in [2.24, 2.45) is 0 Å². The second-order valence-electron chi connectivity index (χ2n) is 6.62. The molecule has 0 spiro atoms. The van der Waals surface area contributed by atoms with Crippen LogP contribution in [0.1, 0.15) is 23.7 Å². The Labute approximate surface area is 184 Å². The van der Waals surface area contributed by atoms with E-state index in [-0.39, 0.29) is 22.8 Å². The fraction of sp³-hybridized carbons (Fsp3) is 0.143. The van der Waals surface area contributed by atoms with Gasteiger partial charge in [0.15, 0.2) is 6.10 Å². The third-order valence-electron chi connectivity index (χ3n) is 4.28. The topological polar surface area (TPSA) is 153 Å². The molecule has 11 heteroatoms. The number of benzene rings is 2. The predicted octanol–water partition coefficient (Wildman–Crippen LogP) is 2.43. The van der Waals surface area contributed by atoms with Gasteiger partial charge in [0.2, 0.25) is 5.95 Å². The number of anilines is 3. The number of ether oxygens (including phenoxy) is 1. The van der Waals surface area contributed by atoms with Crippen molar-refractivity contribution in [3.8, 4) is 0 Å². The minimum absolute atomic E-state index is 0.0372. The zero-order valence-corrected chi connectivity index (χ0v) is 17.9.